The van der Waals surface area contributed by atoms with Crippen LogP contribution in [-0.2, 0) is 4.74 Å². The first-order valence-electron chi connectivity index (χ1n) is 8.49. The van der Waals surface area contributed by atoms with Gasteiger partial charge in [-0.3, -0.25) is 0 Å². The molecule has 2 aliphatic carbocycles. The molecule has 1 aromatic carbocycles. The Hall–Kier alpha value is -0.970. The third kappa shape index (κ3) is 2.20. The van der Waals surface area contributed by atoms with Gasteiger partial charge in [0.05, 0.1) is 12.2 Å². The van der Waals surface area contributed by atoms with Gasteiger partial charge in [0, 0.05) is 30.5 Å². The number of halogens is 1. The van der Waals surface area contributed by atoms with Gasteiger partial charge in [0.15, 0.2) is 0 Å². The van der Waals surface area contributed by atoms with Crippen LogP contribution in [-0.4, -0.2) is 30.4 Å². The van der Waals surface area contributed by atoms with Crippen LogP contribution in [0.25, 0.3) is 0 Å². The molecule has 0 amide bonds. The van der Waals surface area contributed by atoms with E-state index in [1.165, 1.54) is 37.8 Å². The summed E-state index contributed by atoms with van der Waals surface area (Å²) < 4.78 is 18.9. The Labute approximate surface area is 130 Å². The number of fused-ring (bicyclic) bond motifs is 2. The standard InChI is InChI=1S/C18H24FNO2/c19-13-5-3-12(4-6-13)15(21)11-20-16-14-7-10-22-17(14)18(16)8-1-2-9-18/h3-6,14-17,20-21H,1-2,7-11H2. The molecule has 0 bridgehead atoms. The van der Waals surface area contributed by atoms with Gasteiger partial charge in [-0.25, -0.2) is 4.39 Å². The highest BCUT2D eigenvalue weighted by Gasteiger charge is 2.64. The van der Waals surface area contributed by atoms with Gasteiger partial charge in [0.2, 0.25) is 0 Å². The topological polar surface area (TPSA) is 41.5 Å². The summed E-state index contributed by atoms with van der Waals surface area (Å²) in [6.45, 7) is 1.41. The molecule has 4 heteroatoms. The predicted octanol–water partition coefficient (Wildman–Crippen LogP) is 2.80. The molecule has 0 radical (unpaired) electrons. The molecule has 22 heavy (non-hydrogen) atoms. The van der Waals surface area contributed by atoms with E-state index < -0.39 is 6.10 Å². The van der Waals surface area contributed by atoms with E-state index in [1.54, 1.807) is 12.1 Å². The minimum atomic E-state index is -0.583. The summed E-state index contributed by atoms with van der Waals surface area (Å²) in [5.74, 6) is 0.345. The van der Waals surface area contributed by atoms with Crippen molar-refractivity contribution < 1.29 is 14.2 Å². The molecule has 3 nitrogen and oxygen atoms in total. The molecule has 120 valence electrons. The van der Waals surface area contributed by atoms with Crippen molar-refractivity contribution >= 4 is 0 Å². The fourth-order valence-corrected chi connectivity index (χ4v) is 5.05. The lowest BCUT2D eigenvalue weighted by molar-refractivity contribution is -0.132. The molecule has 1 heterocycles. The SMILES string of the molecule is OC(CNC1C2CCOC2C12CCCC2)c1ccc(F)cc1. The van der Waals surface area contributed by atoms with Crippen molar-refractivity contribution in [2.24, 2.45) is 11.3 Å². The van der Waals surface area contributed by atoms with Gasteiger partial charge in [0.1, 0.15) is 5.82 Å². The van der Waals surface area contributed by atoms with E-state index in [0.717, 1.165) is 18.6 Å². The predicted molar refractivity (Wildman–Crippen MR) is 81.9 cm³/mol. The van der Waals surface area contributed by atoms with Crippen LogP contribution in [0.1, 0.15) is 43.8 Å². The van der Waals surface area contributed by atoms with E-state index in [1.807, 2.05) is 0 Å². The molecule has 4 unspecified atom stereocenters. The average Bonchev–Trinajstić information content (AvgIpc) is 3.16. The summed E-state index contributed by atoms with van der Waals surface area (Å²) >= 11 is 0. The van der Waals surface area contributed by atoms with Crippen LogP contribution in [0.2, 0.25) is 0 Å². The highest BCUT2D eigenvalue weighted by molar-refractivity contribution is 5.20. The lowest BCUT2D eigenvalue weighted by Gasteiger charge is -2.57. The van der Waals surface area contributed by atoms with Crippen LogP contribution >= 0.6 is 0 Å². The smallest absolute Gasteiger partial charge is 0.123 e. The van der Waals surface area contributed by atoms with Crippen LogP contribution in [0.4, 0.5) is 4.39 Å². The second-order valence-corrected chi connectivity index (χ2v) is 7.14. The Morgan fingerprint density at radius 1 is 1.27 bits per heavy atom. The maximum Gasteiger partial charge on any atom is 0.123 e. The maximum absolute atomic E-state index is 13.0. The van der Waals surface area contributed by atoms with E-state index in [4.69, 9.17) is 4.74 Å². The molecule has 3 aliphatic rings. The second-order valence-electron chi connectivity index (χ2n) is 7.14. The number of benzene rings is 1. The van der Waals surface area contributed by atoms with Crippen LogP contribution in [0.15, 0.2) is 24.3 Å². The summed E-state index contributed by atoms with van der Waals surface area (Å²) in [6.07, 6.45) is 6.08. The normalized spacial score (nSPS) is 33.6. The Bertz CT molecular complexity index is 526. The highest BCUT2D eigenvalue weighted by atomic mass is 19.1. The molecule has 0 aromatic heterocycles. The summed E-state index contributed by atoms with van der Waals surface area (Å²) in [5, 5.41) is 13.9. The fraction of sp³-hybridized carbons (Fsp3) is 0.667. The lowest BCUT2D eigenvalue weighted by Crippen LogP contribution is -2.67. The molecule has 1 saturated heterocycles. The molecular weight excluding hydrogens is 281 g/mol. The minimum absolute atomic E-state index is 0.265. The van der Waals surface area contributed by atoms with Gasteiger partial charge >= 0.3 is 0 Å². The number of aliphatic hydroxyl groups excluding tert-OH is 1. The van der Waals surface area contributed by atoms with Crippen LogP contribution in [0.5, 0.6) is 0 Å². The molecule has 2 saturated carbocycles. The third-order valence-corrected chi connectivity index (χ3v) is 6.07. The number of nitrogens with one attached hydrogen (secondary N) is 1. The summed E-state index contributed by atoms with van der Waals surface area (Å²) in [7, 11) is 0. The van der Waals surface area contributed by atoms with Crippen molar-refractivity contribution in [3.8, 4) is 0 Å². The van der Waals surface area contributed by atoms with Gasteiger partial charge in [-0.2, -0.15) is 0 Å². The number of rotatable bonds is 4. The van der Waals surface area contributed by atoms with E-state index in [0.29, 0.717) is 30.0 Å². The maximum atomic E-state index is 13.0. The number of hydrogen-bond donors (Lipinski definition) is 2. The summed E-state index contributed by atoms with van der Waals surface area (Å²) in [5.41, 5.74) is 1.08. The van der Waals surface area contributed by atoms with Crippen molar-refractivity contribution in [3.63, 3.8) is 0 Å². The molecule has 1 aromatic rings. The zero-order valence-corrected chi connectivity index (χ0v) is 12.8. The van der Waals surface area contributed by atoms with E-state index >= 15 is 0 Å². The molecule has 4 rings (SSSR count). The van der Waals surface area contributed by atoms with Crippen molar-refractivity contribution in [3.05, 3.63) is 35.6 Å². The van der Waals surface area contributed by atoms with E-state index in [2.05, 4.69) is 5.32 Å². The van der Waals surface area contributed by atoms with Crippen molar-refractivity contribution in [1.29, 1.82) is 0 Å². The van der Waals surface area contributed by atoms with Gasteiger partial charge in [0.25, 0.3) is 0 Å². The van der Waals surface area contributed by atoms with Crippen molar-refractivity contribution in [2.75, 3.05) is 13.2 Å². The highest BCUT2D eigenvalue weighted by Crippen LogP contribution is 2.60. The van der Waals surface area contributed by atoms with E-state index in [9.17, 15) is 9.50 Å². The van der Waals surface area contributed by atoms with Crippen molar-refractivity contribution in [1.82, 2.24) is 5.32 Å². The Balaban J connectivity index is 1.41. The molecule has 3 fully saturated rings. The van der Waals surface area contributed by atoms with Gasteiger partial charge in [-0.05, 0) is 37.0 Å². The van der Waals surface area contributed by atoms with Crippen LogP contribution in [0.3, 0.4) is 0 Å². The van der Waals surface area contributed by atoms with Gasteiger partial charge < -0.3 is 15.2 Å². The first-order chi connectivity index (χ1) is 10.7. The second kappa shape index (κ2) is 5.59. The molecular formula is C18H24FNO2. The Morgan fingerprint density at radius 3 is 2.73 bits per heavy atom. The number of aliphatic hydroxyl groups is 1. The fourth-order valence-electron chi connectivity index (χ4n) is 5.05. The monoisotopic (exact) mass is 305 g/mol. The van der Waals surface area contributed by atoms with Crippen LogP contribution < -0.4 is 5.32 Å². The van der Waals surface area contributed by atoms with Gasteiger partial charge in [-0.1, -0.05) is 25.0 Å². The molecule has 1 aliphatic heterocycles. The number of ether oxygens (including phenoxy) is 1. The molecule has 2 N–H and O–H groups in total. The third-order valence-electron chi connectivity index (χ3n) is 6.07. The summed E-state index contributed by atoms with van der Waals surface area (Å²) in [6, 6.07) is 6.60. The quantitative estimate of drug-likeness (QED) is 0.899. The lowest BCUT2D eigenvalue weighted by atomic mass is 9.54. The average molecular weight is 305 g/mol. The molecule has 4 atom stereocenters. The molecule has 1 spiro atoms. The van der Waals surface area contributed by atoms with Crippen LogP contribution in [0, 0.1) is 17.2 Å². The van der Waals surface area contributed by atoms with Gasteiger partial charge in [-0.15, -0.1) is 0 Å². The zero-order valence-electron chi connectivity index (χ0n) is 12.8. The first-order valence-corrected chi connectivity index (χ1v) is 8.49. The minimum Gasteiger partial charge on any atom is -0.387 e. The Kier molecular flexibility index (Phi) is 3.71. The first kappa shape index (κ1) is 14.6. The summed E-state index contributed by atoms with van der Waals surface area (Å²) in [4.78, 5) is 0. The van der Waals surface area contributed by atoms with E-state index in [-0.39, 0.29) is 5.82 Å². The van der Waals surface area contributed by atoms with Crippen molar-refractivity contribution in [2.45, 2.75) is 50.4 Å². The zero-order chi connectivity index (χ0) is 15.2. The number of hydrogen-bond acceptors (Lipinski definition) is 3. The largest absolute Gasteiger partial charge is 0.387 e. The Morgan fingerprint density at radius 2 is 2.00 bits per heavy atom.